The molecule has 2 heterocycles. The second kappa shape index (κ2) is 7.40. The van der Waals surface area contributed by atoms with Crippen LogP contribution in [-0.2, 0) is 10.0 Å². The lowest BCUT2D eigenvalue weighted by Gasteiger charge is -2.32. The number of sulfonamides is 1. The lowest BCUT2D eigenvalue weighted by Crippen LogP contribution is -2.40. The van der Waals surface area contributed by atoms with Crippen molar-refractivity contribution < 1.29 is 13.5 Å². The molecule has 1 fully saturated rings. The summed E-state index contributed by atoms with van der Waals surface area (Å²) in [4.78, 5) is 8.62. The molecule has 0 bridgehead atoms. The number of hydrogen-bond acceptors (Lipinski definition) is 6. The largest absolute Gasteiger partial charge is 0.393 e. The Labute approximate surface area is 170 Å². The van der Waals surface area contributed by atoms with E-state index in [2.05, 4.69) is 9.97 Å². The van der Waals surface area contributed by atoms with Crippen molar-refractivity contribution in [1.29, 1.82) is 0 Å². The van der Waals surface area contributed by atoms with Crippen LogP contribution in [0.4, 0.5) is 5.82 Å². The maximum atomic E-state index is 13.3. The lowest BCUT2D eigenvalue weighted by molar-refractivity contribution is 0.104. The van der Waals surface area contributed by atoms with E-state index in [1.54, 1.807) is 37.8 Å². The molecule has 0 radical (unpaired) electrons. The van der Waals surface area contributed by atoms with Gasteiger partial charge in [-0.05, 0) is 50.3 Å². The molecule has 9 heteroatoms. The number of aliphatic hydroxyl groups is 1. The van der Waals surface area contributed by atoms with Crippen LogP contribution in [0.25, 0.3) is 16.9 Å². The molecule has 3 aromatic rings. The Morgan fingerprint density at radius 3 is 2.66 bits per heavy atom. The SMILES string of the molecule is Cc1ccc(S(=O)(=O)N(C)C2CCC(O)CC2)cc1-c1cnc2c(N)nccn12. The average molecular weight is 416 g/mol. The second-order valence-electron chi connectivity index (χ2n) is 7.61. The molecular formula is C20H25N5O3S. The van der Waals surface area contributed by atoms with E-state index in [4.69, 9.17) is 5.73 Å². The highest BCUT2D eigenvalue weighted by molar-refractivity contribution is 7.89. The Bertz CT molecular complexity index is 1150. The van der Waals surface area contributed by atoms with Crippen LogP contribution >= 0.6 is 0 Å². The molecule has 8 nitrogen and oxygen atoms in total. The van der Waals surface area contributed by atoms with E-state index in [1.165, 1.54) is 4.31 Å². The first kappa shape index (κ1) is 19.8. The molecule has 2 aromatic heterocycles. The van der Waals surface area contributed by atoms with Gasteiger partial charge in [0.2, 0.25) is 10.0 Å². The molecule has 0 saturated heterocycles. The molecule has 154 valence electrons. The van der Waals surface area contributed by atoms with Gasteiger partial charge in [0.05, 0.1) is 22.9 Å². The van der Waals surface area contributed by atoms with Crippen LogP contribution in [0.5, 0.6) is 0 Å². The minimum absolute atomic E-state index is 0.102. The van der Waals surface area contributed by atoms with Crippen molar-refractivity contribution in [3.63, 3.8) is 0 Å². The zero-order chi connectivity index (χ0) is 20.8. The minimum atomic E-state index is -3.66. The topological polar surface area (TPSA) is 114 Å². The third-order valence-electron chi connectivity index (χ3n) is 5.80. The Morgan fingerprint density at radius 1 is 1.21 bits per heavy atom. The summed E-state index contributed by atoms with van der Waals surface area (Å²) in [7, 11) is -2.04. The Morgan fingerprint density at radius 2 is 1.93 bits per heavy atom. The summed E-state index contributed by atoms with van der Waals surface area (Å²) >= 11 is 0. The number of aliphatic hydroxyl groups excluding tert-OH is 1. The number of nitrogen functional groups attached to an aromatic ring is 1. The summed E-state index contributed by atoms with van der Waals surface area (Å²) in [6, 6.07) is 5.04. The summed E-state index contributed by atoms with van der Waals surface area (Å²) < 4.78 is 29.8. The van der Waals surface area contributed by atoms with Gasteiger partial charge in [-0.3, -0.25) is 4.40 Å². The number of anilines is 1. The molecule has 1 aromatic carbocycles. The van der Waals surface area contributed by atoms with E-state index in [0.717, 1.165) is 16.8 Å². The Kier molecular flexibility index (Phi) is 5.05. The van der Waals surface area contributed by atoms with Gasteiger partial charge in [0.25, 0.3) is 0 Å². The van der Waals surface area contributed by atoms with Crippen molar-refractivity contribution in [2.24, 2.45) is 0 Å². The molecule has 0 aliphatic heterocycles. The van der Waals surface area contributed by atoms with E-state index >= 15 is 0 Å². The van der Waals surface area contributed by atoms with E-state index in [9.17, 15) is 13.5 Å². The normalized spacial score (nSPS) is 20.4. The van der Waals surface area contributed by atoms with Gasteiger partial charge in [-0.25, -0.2) is 18.4 Å². The van der Waals surface area contributed by atoms with Crippen molar-refractivity contribution in [3.8, 4) is 11.3 Å². The number of hydrogen-bond donors (Lipinski definition) is 2. The first-order valence-electron chi connectivity index (χ1n) is 9.63. The first-order chi connectivity index (χ1) is 13.8. The van der Waals surface area contributed by atoms with Crippen LogP contribution in [0.3, 0.4) is 0 Å². The fraction of sp³-hybridized carbons (Fsp3) is 0.400. The molecule has 0 atom stereocenters. The highest BCUT2D eigenvalue weighted by atomic mass is 32.2. The molecule has 29 heavy (non-hydrogen) atoms. The summed E-state index contributed by atoms with van der Waals surface area (Å²) in [5.74, 6) is 0.319. The quantitative estimate of drug-likeness (QED) is 0.675. The predicted molar refractivity (Wildman–Crippen MR) is 111 cm³/mol. The molecular weight excluding hydrogens is 390 g/mol. The second-order valence-corrected chi connectivity index (χ2v) is 9.61. The van der Waals surface area contributed by atoms with Gasteiger partial charge in [0, 0.05) is 31.0 Å². The van der Waals surface area contributed by atoms with Crippen LogP contribution in [0.2, 0.25) is 0 Å². The number of aryl methyl sites for hydroxylation is 1. The summed E-state index contributed by atoms with van der Waals surface area (Å²) in [5.41, 5.74) is 8.90. The van der Waals surface area contributed by atoms with Crippen molar-refractivity contribution in [1.82, 2.24) is 18.7 Å². The number of fused-ring (bicyclic) bond motifs is 1. The molecule has 1 saturated carbocycles. The molecule has 3 N–H and O–H groups in total. The smallest absolute Gasteiger partial charge is 0.243 e. The van der Waals surface area contributed by atoms with Gasteiger partial charge < -0.3 is 10.8 Å². The Balaban J connectivity index is 1.74. The standard InChI is InChI=1S/C20H25N5O3S/c1-13-3-8-16(29(27,28)24(2)14-4-6-15(26)7-5-14)11-17(13)18-12-23-20-19(21)22-9-10-25(18)20/h3,8-12,14-15,26H,4-7H2,1-2H3,(H2,21,22). The number of rotatable bonds is 4. The van der Waals surface area contributed by atoms with Crippen LogP contribution in [0.1, 0.15) is 31.2 Å². The zero-order valence-electron chi connectivity index (χ0n) is 16.5. The zero-order valence-corrected chi connectivity index (χ0v) is 17.3. The van der Waals surface area contributed by atoms with Gasteiger partial charge in [-0.15, -0.1) is 0 Å². The molecule has 0 spiro atoms. The number of nitrogens with zero attached hydrogens (tertiary/aromatic N) is 4. The first-order valence-corrected chi connectivity index (χ1v) is 11.1. The monoisotopic (exact) mass is 415 g/mol. The summed E-state index contributed by atoms with van der Waals surface area (Å²) in [6.45, 7) is 1.93. The van der Waals surface area contributed by atoms with Crippen molar-refractivity contribution in [2.75, 3.05) is 12.8 Å². The molecule has 1 aliphatic carbocycles. The predicted octanol–water partition coefficient (Wildman–Crippen LogP) is 2.21. The van der Waals surface area contributed by atoms with Crippen LogP contribution < -0.4 is 5.73 Å². The van der Waals surface area contributed by atoms with Crippen LogP contribution in [0.15, 0.2) is 41.7 Å². The number of nitrogens with two attached hydrogens (primary N) is 1. The third kappa shape index (κ3) is 3.50. The molecule has 4 rings (SSSR count). The van der Waals surface area contributed by atoms with Crippen LogP contribution in [0, 0.1) is 6.92 Å². The van der Waals surface area contributed by atoms with Gasteiger partial charge >= 0.3 is 0 Å². The van der Waals surface area contributed by atoms with E-state index in [1.807, 2.05) is 17.4 Å². The van der Waals surface area contributed by atoms with Gasteiger partial charge in [-0.1, -0.05) is 6.07 Å². The van der Waals surface area contributed by atoms with Crippen LogP contribution in [-0.4, -0.2) is 51.4 Å². The maximum Gasteiger partial charge on any atom is 0.243 e. The number of imidazole rings is 1. The molecule has 1 aliphatic rings. The summed E-state index contributed by atoms with van der Waals surface area (Å²) in [5, 5.41) is 9.72. The van der Waals surface area contributed by atoms with Gasteiger partial charge in [0.15, 0.2) is 11.5 Å². The molecule has 0 unspecified atom stereocenters. The van der Waals surface area contributed by atoms with Crippen molar-refractivity contribution in [2.45, 2.75) is 49.6 Å². The third-order valence-corrected chi connectivity index (χ3v) is 7.70. The van der Waals surface area contributed by atoms with Crippen molar-refractivity contribution in [3.05, 3.63) is 42.4 Å². The highest BCUT2D eigenvalue weighted by Gasteiger charge is 2.31. The van der Waals surface area contributed by atoms with E-state index < -0.39 is 10.0 Å². The fourth-order valence-corrected chi connectivity index (χ4v) is 5.40. The minimum Gasteiger partial charge on any atom is -0.393 e. The average Bonchev–Trinajstić information content (AvgIpc) is 3.13. The van der Waals surface area contributed by atoms with E-state index in [-0.39, 0.29) is 17.0 Å². The number of aromatic nitrogens is 3. The van der Waals surface area contributed by atoms with E-state index in [0.29, 0.717) is 37.1 Å². The molecule has 0 amide bonds. The fourth-order valence-electron chi connectivity index (χ4n) is 3.96. The van der Waals surface area contributed by atoms with Gasteiger partial charge in [0.1, 0.15) is 0 Å². The van der Waals surface area contributed by atoms with Gasteiger partial charge in [-0.2, -0.15) is 4.31 Å². The highest BCUT2D eigenvalue weighted by Crippen LogP contribution is 2.31. The van der Waals surface area contributed by atoms with Crippen molar-refractivity contribution >= 4 is 21.5 Å². The summed E-state index contributed by atoms with van der Waals surface area (Å²) in [6.07, 6.45) is 7.28. The lowest BCUT2D eigenvalue weighted by atomic mass is 9.93. The Hall–Kier alpha value is -2.49. The number of benzene rings is 1. The maximum absolute atomic E-state index is 13.3.